The number of hydrogen-bond acceptors (Lipinski definition) is 4. The number of rotatable bonds is 3. The third-order valence-corrected chi connectivity index (χ3v) is 2.89. The summed E-state index contributed by atoms with van der Waals surface area (Å²) < 4.78 is 4.42. The van der Waals surface area contributed by atoms with E-state index in [1.165, 1.54) is 18.4 Å². The zero-order valence-electron chi connectivity index (χ0n) is 6.99. The molecule has 0 aliphatic heterocycles. The number of carbonyl (C=O) groups excluding carboxylic acids is 1. The maximum absolute atomic E-state index is 10.8. The quantitative estimate of drug-likeness (QED) is 0.793. The Labute approximate surface area is 84.9 Å². The molecule has 1 rings (SSSR count). The van der Waals surface area contributed by atoms with Crippen molar-refractivity contribution >= 4 is 28.9 Å². The van der Waals surface area contributed by atoms with Gasteiger partial charge in [-0.3, -0.25) is 4.79 Å². The molecule has 3 nitrogen and oxygen atoms in total. The molecule has 0 unspecified atom stereocenters. The molecule has 0 saturated heterocycles. The largest absolute Gasteiger partial charge is 0.469 e. The normalized spacial score (nSPS) is 12.5. The summed E-state index contributed by atoms with van der Waals surface area (Å²) >= 11 is 6.98. The van der Waals surface area contributed by atoms with Crippen LogP contribution in [0.4, 0.5) is 0 Å². The number of methoxy groups -OCH3 is 1. The van der Waals surface area contributed by atoms with Crippen molar-refractivity contribution in [3.05, 3.63) is 21.3 Å². The summed E-state index contributed by atoms with van der Waals surface area (Å²) in [7, 11) is 1.29. The first-order chi connectivity index (χ1) is 6.13. The summed E-state index contributed by atoms with van der Waals surface area (Å²) in [6.07, 6.45) is -0.849. The van der Waals surface area contributed by atoms with Gasteiger partial charge in [-0.25, -0.2) is 0 Å². The maximum Gasteiger partial charge on any atom is 0.308 e. The van der Waals surface area contributed by atoms with Crippen molar-refractivity contribution in [2.75, 3.05) is 7.11 Å². The molecule has 0 amide bonds. The standard InChI is InChI=1S/C8H9ClO3S/c1-12-8(11)3-6(10)7-2-5(9)4-13-7/h2,4,6,10H,3H2,1H3/t6-/m1/s1. The number of esters is 1. The molecule has 5 heteroatoms. The predicted octanol–water partition coefficient (Wildman–Crippen LogP) is 2.00. The topological polar surface area (TPSA) is 46.5 Å². The number of thiophene rings is 1. The van der Waals surface area contributed by atoms with E-state index in [4.69, 9.17) is 11.6 Å². The molecular weight excluding hydrogens is 212 g/mol. The number of carbonyl (C=O) groups is 1. The lowest BCUT2D eigenvalue weighted by atomic mass is 10.2. The second-order valence-corrected chi connectivity index (χ2v) is 3.84. The minimum Gasteiger partial charge on any atom is -0.469 e. The van der Waals surface area contributed by atoms with Gasteiger partial charge in [0.1, 0.15) is 0 Å². The van der Waals surface area contributed by atoms with Crippen LogP contribution in [0.3, 0.4) is 0 Å². The minimum atomic E-state index is -0.815. The SMILES string of the molecule is COC(=O)C[C@@H](O)c1cc(Cl)cs1. The Bertz CT molecular complexity index is 297. The van der Waals surface area contributed by atoms with Crippen LogP contribution in [-0.4, -0.2) is 18.2 Å². The molecule has 0 fully saturated rings. The number of ether oxygens (including phenoxy) is 1. The van der Waals surface area contributed by atoms with Crippen molar-refractivity contribution in [2.24, 2.45) is 0 Å². The van der Waals surface area contributed by atoms with Gasteiger partial charge in [0.15, 0.2) is 0 Å². The van der Waals surface area contributed by atoms with Crippen LogP contribution < -0.4 is 0 Å². The Morgan fingerprint density at radius 2 is 2.54 bits per heavy atom. The van der Waals surface area contributed by atoms with Gasteiger partial charge in [-0.15, -0.1) is 11.3 Å². The lowest BCUT2D eigenvalue weighted by Gasteiger charge is -2.05. The highest BCUT2D eigenvalue weighted by Gasteiger charge is 2.14. The van der Waals surface area contributed by atoms with Gasteiger partial charge in [-0.2, -0.15) is 0 Å². The molecule has 1 aromatic rings. The van der Waals surface area contributed by atoms with E-state index in [0.717, 1.165) is 0 Å². The first-order valence-corrected chi connectivity index (χ1v) is 4.88. The zero-order chi connectivity index (χ0) is 9.84. The molecule has 0 saturated carbocycles. The van der Waals surface area contributed by atoms with Crippen molar-refractivity contribution in [3.63, 3.8) is 0 Å². The Kier molecular flexibility index (Phi) is 3.71. The molecular formula is C8H9ClO3S. The minimum absolute atomic E-state index is 0.0344. The van der Waals surface area contributed by atoms with Crippen molar-refractivity contribution in [2.45, 2.75) is 12.5 Å². The molecule has 1 aromatic heterocycles. The van der Waals surface area contributed by atoms with Crippen LogP contribution in [0.5, 0.6) is 0 Å². The summed E-state index contributed by atoms with van der Waals surface area (Å²) in [5, 5.41) is 11.8. The summed E-state index contributed by atoms with van der Waals surface area (Å²) in [6.45, 7) is 0. The van der Waals surface area contributed by atoms with Crippen LogP contribution in [0, 0.1) is 0 Å². The highest BCUT2D eigenvalue weighted by molar-refractivity contribution is 7.10. The molecule has 1 atom stereocenters. The van der Waals surface area contributed by atoms with Gasteiger partial charge in [0, 0.05) is 10.3 Å². The van der Waals surface area contributed by atoms with Crippen molar-refractivity contribution in [1.82, 2.24) is 0 Å². The van der Waals surface area contributed by atoms with E-state index >= 15 is 0 Å². The van der Waals surface area contributed by atoms with E-state index in [9.17, 15) is 9.90 Å². The van der Waals surface area contributed by atoms with Crippen LogP contribution in [0.1, 0.15) is 17.4 Å². The molecule has 0 aromatic carbocycles. The van der Waals surface area contributed by atoms with Gasteiger partial charge in [0.2, 0.25) is 0 Å². The molecule has 72 valence electrons. The Morgan fingerprint density at radius 3 is 3.00 bits per heavy atom. The average molecular weight is 221 g/mol. The Balaban J connectivity index is 2.58. The third-order valence-electron chi connectivity index (χ3n) is 1.50. The predicted molar refractivity (Wildman–Crippen MR) is 50.9 cm³/mol. The van der Waals surface area contributed by atoms with Crippen molar-refractivity contribution in [1.29, 1.82) is 0 Å². The number of hydrogen-bond donors (Lipinski definition) is 1. The lowest BCUT2D eigenvalue weighted by Crippen LogP contribution is -2.06. The third kappa shape index (κ3) is 2.99. The molecule has 0 radical (unpaired) electrons. The molecule has 0 bridgehead atoms. The molecule has 1 N–H and O–H groups in total. The molecule has 0 aliphatic rings. The second-order valence-electron chi connectivity index (χ2n) is 2.46. The van der Waals surface area contributed by atoms with Crippen LogP contribution in [-0.2, 0) is 9.53 Å². The molecule has 0 aliphatic carbocycles. The number of halogens is 1. The van der Waals surface area contributed by atoms with Crippen LogP contribution in [0.2, 0.25) is 5.02 Å². The van der Waals surface area contributed by atoms with E-state index in [2.05, 4.69) is 4.74 Å². The van der Waals surface area contributed by atoms with E-state index < -0.39 is 12.1 Å². The highest BCUT2D eigenvalue weighted by Crippen LogP contribution is 2.27. The first-order valence-electron chi connectivity index (χ1n) is 3.62. The monoisotopic (exact) mass is 220 g/mol. The molecule has 0 spiro atoms. The van der Waals surface area contributed by atoms with Gasteiger partial charge in [-0.05, 0) is 6.07 Å². The zero-order valence-corrected chi connectivity index (χ0v) is 8.56. The summed E-state index contributed by atoms with van der Waals surface area (Å²) in [4.78, 5) is 11.5. The van der Waals surface area contributed by atoms with Crippen molar-refractivity contribution < 1.29 is 14.6 Å². The Morgan fingerprint density at radius 1 is 1.85 bits per heavy atom. The summed E-state index contributed by atoms with van der Waals surface area (Å²) in [6, 6.07) is 1.64. The lowest BCUT2D eigenvalue weighted by molar-refractivity contribution is -0.142. The summed E-state index contributed by atoms with van der Waals surface area (Å²) in [5.41, 5.74) is 0. The smallest absolute Gasteiger partial charge is 0.308 e. The number of aliphatic hydroxyl groups excluding tert-OH is 1. The van der Waals surface area contributed by atoms with Gasteiger partial charge in [-0.1, -0.05) is 11.6 Å². The fourth-order valence-electron chi connectivity index (χ4n) is 0.845. The van der Waals surface area contributed by atoms with Gasteiger partial charge in [0.25, 0.3) is 0 Å². The number of aliphatic hydroxyl groups is 1. The van der Waals surface area contributed by atoms with E-state index in [1.807, 2.05) is 0 Å². The fourth-order valence-corrected chi connectivity index (χ4v) is 1.91. The van der Waals surface area contributed by atoms with Crippen LogP contribution >= 0.6 is 22.9 Å². The van der Waals surface area contributed by atoms with Gasteiger partial charge < -0.3 is 9.84 Å². The maximum atomic E-state index is 10.8. The average Bonchev–Trinajstić information content (AvgIpc) is 2.51. The fraction of sp³-hybridized carbons (Fsp3) is 0.375. The van der Waals surface area contributed by atoms with E-state index in [0.29, 0.717) is 9.90 Å². The highest BCUT2D eigenvalue weighted by atomic mass is 35.5. The molecule has 13 heavy (non-hydrogen) atoms. The Hall–Kier alpha value is -0.580. The van der Waals surface area contributed by atoms with Crippen LogP contribution in [0.25, 0.3) is 0 Å². The second kappa shape index (κ2) is 4.60. The van der Waals surface area contributed by atoms with Crippen molar-refractivity contribution in [3.8, 4) is 0 Å². The van der Waals surface area contributed by atoms with E-state index in [1.54, 1.807) is 11.4 Å². The van der Waals surface area contributed by atoms with E-state index in [-0.39, 0.29) is 6.42 Å². The molecule has 1 heterocycles. The summed E-state index contributed by atoms with van der Waals surface area (Å²) in [5.74, 6) is -0.433. The van der Waals surface area contributed by atoms with Gasteiger partial charge in [0.05, 0.1) is 24.7 Å². The first kappa shape index (κ1) is 10.5. The van der Waals surface area contributed by atoms with Gasteiger partial charge >= 0.3 is 5.97 Å². The van der Waals surface area contributed by atoms with Crippen LogP contribution in [0.15, 0.2) is 11.4 Å².